The van der Waals surface area contributed by atoms with Gasteiger partial charge in [-0.2, -0.15) is 18.3 Å². The molecule has 0 saturated carbocycles. The number of anilines is 2. The minimum absolute atomic E-state index is 0.338. The Morgan fingerprint density at radius 2 is 1.67 bits per heavy atom. The summed E-state index contributed by atoms with van der Waals surface area (Å²) in [7, 11) is 0. The van der Waals surface area contributed by atoms with Crippen LogP contribution in [-0.4, -0.2) is 47.0 Å². The van der Waals surface area contributed by atoms with E-state index in [0.29, 0.717) is 17.2 Å². The van der Waals surface area contributed by atoms with E-state index >= 15 is 0 Å². The Kier molecular flexibility index (Phi) is 7.95. The van der Waals surface area contributed by atoms with Crippen molar-refractivity contribution in [3.8, 4) is 27.5 Å². The number of rotatable bonds is 5. The number of carbonyl (C=O) groups is 1. The summed E-state index contributed by atoms with van der Waals surface area (Å²) in [6.07, 6.45) is -1.73. The van der Waals surface area contributed by atoms with E-state index in [9.17, 15) is 17.6 Å². The number of nitrogens with zero attached hydrogens (tertiary/aromatic N) is 6. The summed E-state index contributed by atoms with van der Waals surface area (Å²) in [5.41, 5.74) is 3.73. The summed E-state index contributed by atoms with van der Waals surface area (Å²) < 4.78 is 47.8. The van der Waals surface area contributed by atoms with Crippen LogP contribution in [0.25, 0.3) is 27.5 Å². The van der Waals surface area contributed by atoms with Crippen molar-refractivity contribution in [3.05, 3.63) is 83.8 Å². The van der Waals surface area contributed by atoms with Gasteiger partial charge < -0.3 is 10.4 Å². The molecule has 3 aromatic heterocycles. The number of hydrogen-bond acceptors (Lipinski definition) is 8. The number of thiazole rings is 1. The zero-order chi connectivity index (χ0) is 28.2. The lowest BCUT2D eigenvalue weighted by Crippen LogP contribution is -2.21. The van der Waals surface area contributed by atoms with Crippen LogP contribution in [0, 0.1) is 19.7 Å². The Balaban J connectivity index is 0.000000448. The topological polar surface area (TPSA) is 119 Å². The highest BCUT2D eigenvalue weighted by atomic mass is 32.1. The van der Waals surface area contributed by atoms with Crippen LogP contribution >= 0.6 is 11.3 Å². The first-order chi connectivity index (χ1) is 18.5. The van der Waals surface area contributed by atoms with Gasteiger partial charge in [0, 0.05) is 34.6 Å². The predicted molar refractivity (Wildman–Crippen MR) is 136 cm³/mol. The van der Waals surface area contributed by atoms with Crippen LogP contribution < -0.4 is 5.32 Å². The Morgan fingerprint density at radius 3 is 2.26 bits per heavy atom. The first-order valence-electron chi connectivity index (χ1n) is 11.1. The van der Waals surface area contributed by atoms with E-state index < -0.39 is 12.1 Å². The van der Waals surface area contributed by atoms with Gasteiger partial charge in [0.2, 0.25) is 5.95 Å². The molecule has 14 heteroatoms. The lowest BCUT2D eigenvalue weighted by atomic mass is 10.1. The van der Waals surface area contributed by atoms with Crippen LogP contribution in [0.2, 0.25) is 0 Å². The van der Waals surface area contributed by atoms with Crippen molar-refractivity contribution in [1.82, 2.24) is 29.7 Å². The second-order valence-electron chi connectivity index (χ2n) is 7.92. The molecule has 9 nitrogen and oxygen atoms in total. The van der Waals surface area contributed by atoms with E-state index in [1.807, 2.05) is 49.6 Å². The van der Waals surface area contributed by atoms with E-state index in [-0.39, 0.29) is 5.82 Å². The molecular weight excluding hydrogens is 538 g/mol. The number of benzene rings is 2. The van der Waals surface area contributed by atoms with Gasteiger partial charge in [-0.05, 0) is 62.4 Å². The smallest absolute Gasteiger partial charge is 0.475 e. The van der Waals surface area contributed by atoms with Crippen LogP contribution in [0.15, 0.2) is 66.3 Å². The van der Waals surface area contributed by atoms with Crippen LogP contribution in [-0.2, 0) is 4.79 Å². The summed E-state index contributed by atoms with van der Waals surface area (Å²) in [5.74, 6) is -1.12. The van der Waals surface area contributed by atoms with Crippen molar-refractivity contribution in [3.63, 3.8) is 0 Å². The van der Waals surface area contributed by atoms with E-state index in [4.69, 9.17) is 9.90 Å². The zero-order valence-electron chi connectivity index (χ0n) is 20.3. The molecule has 39 heavy (non-hydrogen) atoms. The van der Waals surface area contributed by atoms with Crippen LogP contribution in [0.4, 0.5) is 29.2 Å². The van der Waals surface area contributed by atoms with Gasteiger partial charge >= 0.3 is 12.1 Å². The zero-order valence-corrected chi connectivity index (χ0v) is 21.1. The second-order valence-corrected chi connectivity index (χ2v) is 8.82. The van der Waals surface area contributed by atoms with E-state index in [1.54, 1.807) is 23.1 Å². The van der Waals surface area contributed by atoms with Crippen LogP contribution in [0.5, 0.6) is 0 Å². The fourth-order valence-corrected chi connectivity index (χ4v) is 4.01. The second kappa shape index (κ2) is 11.3. The molecule has 0 aliphatic rings. The number of alkyl halides is 3. The third-order valence-corrected chi connectivity index (χ3v) is 5.84. The maximum atomic E-state index is 14.3. The fraction of sp³-hybridized carbons (Fsp3) is 0.120. The Labute approximate surface area is 222 Å². The van der Waals surface area contributed by atoms with Gasteiger partial charge in [0.05, 0.1) is 11.4 Å². The van der Waals surface area contributed by atoms with Gasteiger partial charge in [-0.3, -0.25) is 0 Å². The molecule has 0 spiro atoms. The maximum absolute atomic E-state index is 14.3. The number of hydrogen-bond donors (Lipinski definition) is 2. The van der Waals surface area contributed by atoms with Gasteiger partial charge in [-0.1, -0.05) is 0 Å². The number of carboxylic acid groups (broad SMARTS) is 1. The summed E-state index contributed by atoms with van der Waals surface area (Å²) >= 11 is 1.46. The largest absolute Gasteiger partial charge is 0.490 e. The van der Waals surface area contributed by atoms with Gasteiger partial charge in [-0.15, -0.1) is 11.3 Å². The van der Waals surface area contributed by atoms with E-state index in [1.165, 1.54) is 23.5 Å². The average molecular weight is 558 g/mol. The van der Waals surface area contributed by atoms with Gasteiger partial charge in [0.1, 0.15) is 22.5 Å². The van der Waals surface area contributed by atoms with Crippen molar-refractivity contribution in [2.75, 3.05) is 5.32 Å². The fourth-order valence-electron chi connectivity index (χ4n) is 3.39. The molecule has 200 valence electrons. The first kappa shape index (κ1) is 27.3. The first-order valence-corrected chi connectivity index (χ1v) is 12.0. The molecule has 0 radical (unpaired) electrons. The van der Waals surface area contributed by atoms with Crippen molar-refractivity contribution in [2.45, 2.75) is 20.0 Å². The van der Waals surface area contributed by atoms with Crippen molar-refractivity contribution < 1.29 is 27.5 Å². The molecular formula is C25H19F4N7O2S. The third-order valence-electron chi connectivity index (χ3n) is 5.01. The molecule has 0 aliphatic carbocycles. The highest BCUT2D eigenvalue weighted by molar-refractivity contribution is 7.13. The molecule has 5 aromatic rings. The monoisotopic (exact) mass is 557 g/mol. The summed E-state index contributed by atoms with van der Waals surface area (Å²) in [6.45, 7) is 3.78. The van der Waals surface area contributed by atoms with Gasteiger partial charge in [0.25, 0.3) is 0 Å². The Bertz CT molecular complexity index is 1590. The number of nitrogens with one attached hydrogen (secondary N) is 1. The number of carboxylic acids is 1. The highest BCUT2D eigenvalue weighted by Crippen LogP contribution is 2.29. The van der Waals surface area contributed by atoms with Crippen LogP contribution in [0.3, 0.4) is 0 Å². The molecule has 0 amide bonds. The van der Waals surface area contributed by atoms with Gasteiger partial charge in [0.15, 0.2) is 0 Å². The molecule has 0 aliphatic heterocycles. The van der Waals surface area contributed by atoms with Crippen molar-refractivity contribution in [1.29, 1.82) is 0 Å². The number of aliphatic carboxylic acids is 1. The van der Waals surface area contributed by atoms with Crippen molar-refractivity contribution >= 4 is 28.9 Å². The van der Waals surface area contributed by atoms with Crippen molar-refractivity contribution in [2.24, 2.45) is 0 Å². The Morgan fingerprint density at radius 1 is 0.974 bits per heavy atom. The normalized spacial score (nSPS) is 11.0. The van der Waals surface area contributed by atoms with Crippen LogP contribution in [0.1, 0.15) is 11.6 Å². The molecule has 0 bridgehead atoms. The Hall–Kier alpha value is -4.72. The van der Waals surface area contributed by atoms with Gasteiger partial charge in [-0.25, -0.2) is 33.8 Å². The molecule has 5 rings (SSSR count). The maximum Gasteiger partial charge on any atom is 0.490 e. The summed E-state index contributed by atoms with van der Waals surface area (Å²) in [4.78, 5) is 26.4. The number of aromatic nitrogens is 6. The minimum Gasteiger partial charge on any atom is -0.475 e. The van der Waals surface area contributed by atoms with E-state index in [0.717, 1.165) is 33.6 Å². The molecule has 0 fully saturated rings. The molecule has 0 atom stereocenters. The summed E-state index contributed by atoms with van der Waals surface area (Å²) in [5, 5.41) is 17.3. The molecule has 3 heterocycles. The highest BCUT2D eigenvalue weighted by Gasteiger charge is 2.38. The lowest BCUT2D eigenvalue weighted by Gasteiger charge is -2.09. The predicted octanol–water partition coefficient (Wildman–Crippen LogP) is 5.98. The third kappa shape index (κ3) is 6.98. The minimum atomic E-state index is -5.08. The van der Waals surface area contributed by atoms with E-state index in [2.05, 4.69) is 30.4 Å². The number of halogens is 4. The summed E-state index contributed by atoms with van der Waals surface area (Å²) in [6, 6.07) is 14.3. The molecule has 2 N–H and O–H groups in total. The average Bonchev–Trinajstić information content (AvgIpc) is 3.54. The molecule has 0 saturated heterocycles. The molecule has 0 unspecified atom stereocenters. The number of aryl methyl sites for hydroxylation is 2. The SMILES string of the molecule is Cc1nc(C)n(-c2ccc(Nc3nccc(-c4cc(F)cc(-c5nccs5)c4)n3)cc2)n1.O=C(O)C(F)(F)F. The molecule has 2 aromatic carbocycles. The standard InChI is InChI=1S/C23H18FN7S.C2HF3O2/c1-14-27-15(2)31(30-14)20-5-3-19(4-6-20)28-23-26-8-7-21(29-23)16-11-17(13-18(24)12-16)22-25-9-10-32-22;3-2(4,5)1(6)7/h3-13H,1-2H3,(H,26,28,29);(H,6,7). The quantitative estimate of drug-likeness (QED) is 0.253. The lowest BCUT2D eigenvalue weighted by molar-refractivity contribution is -0.192.